The van der Waals surface area contributed by atoms with E-state index in [2.05, 4.69) is 4.98 Å². The van der Waals surface area contributed by atoms with Crippen molar-refractivity contribution in [3.8, 4) is 0 Å². The van der Waals surface area contributed by atoms with E-state index in [-0.39, 0.29) is 18.0 Å². The second-order valence-corrected chi connectivity index (χ2v) is 4.33. The van der Waals surface area contributed by atoms with Crippen molar-refractivity contribution >= 4 is 17.6 Å². The number of hydrogen-bond donors (Lipinski definition) is 1. The van der Waals surface area contributed by atoms with E-state index in [1.807, 2.05) is 0 Å². The zero-order valence-corrected chi connectivity index (χ0v) is 11.3. The van der Waals surface area contributed by atoms with Crippen LogP contribution in [0, 0.1) is 0 Å². The fourth-order valence-corrected chi connectivity index (χ4v) is 1.73. The zero-order chi connectivity index (χ0) is 15.4. The Morgan fingerprint density at radius 3 is 2.52 bits per heavy atom. The number of benzene rings is 1. The van der Waals surface area contributed by atoms with Gasteiger partial charge in [-0.25, -0.2) is 14.6 Å². The highest BCUT2D eigenvalue weighted by Crippen LogP contribution is 2.14. The number of anilines is 1. The molecule has 0 saturated carbocycles. The summed E-state index contributed by atoms with van der Waals surface area (Å²) in [7, 11) is 1.56. The standard InChI is InChI=1S/C14H13N3O4/c1-16(11-5-3-10(4-6-11)13(19)20)12(18)9-17-8-2-7-15-14(17)21/h2-8H,9H2,1H3,(H,19,20). The van der Waals surface area contributed by atoms with Crippen LogP contribution in [0.3, 0.4) is 0 Å². The van der Waals surface area contributed by atoms with Gasteiger partial charge < -0.3 is 10.0 Å². The van der Waals surface area contributed by atoms with E-state index in [1.54, 1.807) is 13.1 Å². The summed E-state index contributed by atoms with van der Waals surface area (Å²) in [6.45, 7) is -0.135. The van der Waals surface area contributed by atoms with Crippen LogP contribution >= 0.6 is 0 Å². The molecular formula is C14H13N3O4. The van der Waals surface area contributed by atoms with Crippen molar-refractivity contribution in [2.45, 2.75) is 6.54 Å². The van der Waals surface area contributed by atoms with Gasteiger partial charge in [-0.15, -0.1) is 0 Å². The minimum atomic E-state index is -1.03. The Morgan fingerprint density at radius 2 is 1.95 bits per heavy atom. The number of carboxylic acid groups (broad SMARTS) is 1. The summed E-state index contributed by atoms with van der Waals surface area (Å²) in [5.74, 6) is -1.34. The molecule has 1 aromatic heterocycles. The van der Waals surface area contributed by atoms with Crippen LogP contribution in [0.15, 0.2) is 47.5 Å². The van der Waals surface area contributed by atoms with Gasteiger partial charge in [0.05, 0.1) is 5.56 Å². The Hall–Kier alpha value is -2.96. The van der Waals surface area contributed by atoms with Gasteiger partial charge in [0.25, 0.3) is 0 Å². The van der Waals surface area contributed by atoms with Gasteiger partial charge in [-0.05, 0) is 30.3 Å². The number of hydrogen-bond acceptors (Lipinski definition) is 4. The van der Waals surface area contributed by atoms with Crippen LogP contribution < -0.4 is 10.6 Å². The second-order valence-electron chi connectivity index (χ2n) is 4.33. The molecule has 0 fully saturated rings. The third-order valence-electron chi connectivity index (χ3n) is 2.96. The topological polar surface area (TPSA) is 92.5 Å². The molecule has 7 nitrogen and oxygen atoms in total. The van der Waals surface area contributed by atoms with Gasteiger partial charge in [-0.1, -0.05) is 0 Å². The molecule has 1 heterocycles. The molecule has 2 aromatic rings. The number of aromatic nitrogens is 2. The predicted molar refractivity (Wildman–Crippen MR) is 75.3 cm³/mol. The first-order valence-electron chi connectivity index (χ1n) is 6.10. The first-order chi connectivity index (χ1) is 9.99. The number of amides is 1. The minimum Gasteiger partial charge on any atom is -0.478 e. The third kappa shape index (κ3) is 3.33. The van der Waals surface area contributed by atoms with Crippen LogP contribution in [0.1, 0.15) is 10.4 Å². The number of likely N-dealkylation sites (N-methyl/N-ethyl adjacent to an activating group) is 1. The molecule has 0 aliphatic rings. The fourth-order valence-electron chi connectivity index (χ4n) is 1.73. The lowest BCUT2D eigenvalue weighted by atomic mass is 10.2. The van der Waals surface area contributed by atoms with Crippen LogP contribution in [0.2, 0.25) is 0 Å². The Morgan fingerprint density at radius 1 is 1.29 bits per heavy atom. The summed E-state index contributed by atoms with van der Waals surface area (Å²) in [6.07, 6.45) is 2.84. The molecule has 2 rings (SSSR count). The highest BCUT2D eigenvalue weighted by molar-refractivity contribution is 5.93. The van der Waals surface area contributed by atoms with Crippen LogP contribution in [-0.2, 0) is 11.3 Å². The minimum absolute atomic E-state index is 0.135. The predicted octanol–water partition coefficient (Wildman–Crippen LogP) is 0.604. The van der Waals surface area contributed by atoms with E-state index < -0.39 is 11.7 Å². The average molecular weight is 287 g/mol. The van der Waals surface area contributed by atoms with Crippen molar-refractivity contribution in [2.75, 3.05) is 11.9 Å². The van der Waals surface area contributed by atoms with Gasteiger partial charge in [0.1, 0.15) is 6.54 Å². The first kappa shape index (κ1) is 14.4. The zero-order valence-electron chi connectivity index (χ0n) is 11.3. The van der Waals surface area contributed by atoms with Gasteiger partial charge in [0.15, 0.2) is 0 Å². The highest BCUT2D eigenvalue weighted by atomic mass is 16.4. The summed E-state index contributed by atoms with van der Waals surface area (Å²) in [5.41, 5.74) is 0.186. The van der Waals surface area contributed by atoms with E-state index in [0.29, 0.717) is 5.69 Å². The Bertz CT molecular complexity index is 721. The SMILES string of the molecule is CN(C(=O)Cn1cccnc1=O)c1ccc(C(=O)O)cc1. The van der Waals surface area contributed by atoms with Crippen LogP contribution in [0.5, 0.6) is 0 Å². The maximum absolute atomic E-state index is 12.1. The van der Waals surface area contributed by atoms with Gasteiger partial charge in [0.2, 0.25) is 5.91 Å². The quantitative estimate of drug-likeness (QED) is 0.889. The lowest BCUT2D eigenvalue weighted by Crippen LogP contribution is -2.34. The second kappa shape index (κ2) is 6.00. The molecule has 0 radical (unpaired) electrons. The van der Waals surface area contributed by atoms with Crippen molar-refractivity contribution in [1.29, 1.82) is 0 Å². The summed E-state index contributed by atoms with van der Waals surface area (Å²) in [6, 6.07) is 7.46. The average Bonchev–Trinajstić information content (AvgIpc) is 2.49. The normalized spacial score (nSPS) is 10.1. The van der Waals surface area contributed by atoms with Crippen molar-refractivity contribution in [3.63, 3.8) is 0 Å². The third-order valence-corrected chi connectivity index (χ3v) is 2.96. The molecule has 0 aliphatic heterocycles. The van der Waals surface area contributed by atoms with Crippen LogP contribution in [-0.4, -0.2) is 33.6 Å². The molecule has 0 aliphatic carbocycles. The lowest BCUT2D eigenvalue weighted by Gasteiger charge is -2.17. The van der Waals surface area contributed by atoms with Crippen molar-refractivity contribution in [2.24, 2.45) is 0 Å². The summed E-state index contributed by atoms with van der Waals surface area (Å²) in [4.78, 5) is 39.2. The molecule has 0 atom stereocenters. The Labute approximate surface area is 120 Å². The first-order valence-corrected chi connectivity index (χ1v) is 6.10. The fraction of sp³-hybridized carbons (Fsp3) is 0.143. The molecule has 21 heavy (non-hydrogen) atoms. The molecule has 1 aromatic carbocycles. The number of aromatic carboxylic acids is 1. The highest BCUT2D eigenvalue weighted by Gasteiger charge is 2.13. The van der Waals surface area contributed by atoms with Crippen molar-refractivity contribution in [3.05, 3.63) is 58.8 Å². The van der Waals surface area contributed by atoms with E-state index in [1.165, 1.54) is 46.1 Å². The summed E-state index contributed by atoms with van der Waals surface area (Å²) < 4.78 is 1.20. The summed E-state index contributed by atoms with van der Waals surface area (Å²) >= 11 is 0. The molecule has 1 amide bonds. The van der Waals surface area contributed by atoms with Crippen LogP contribution in [0.4, 0.5) is 5.69 Å². The molecule has 108 valence electrons. The maximum Gasteiger partial charge on any atom is 0.347 e. The van der Waals surface area contributed by atoms with Gasteiger partial charge in [-0.2, -0.15) is 0 Å². The number of carboxylic acids is 1. The van der Waals surface area contributed by atoms with Crippen molar-refractivity contribution in [1.82, 2.24) is 9.55 Å². The maximum atomic E-state index is 12.1. The van der Waals surface area contributed by atoms with Gasteiger partial charge in [-0.3, -0.25) is 9.36 Å². The molecule has 0 unspecified atom stereocenters. The monoisotopic (exact) mass is 287 g/mol. The molecule has 0 spiro atoms. The largest absolute Gasteiger partial charge is 0.478 e. The smallest absolute Gasteiger partial charge is 0.347 e. The van der Waals surface area contributed by atoms with E-state index >= 15 is 0 Å². The number of carbonyl (C=O) groups is 2. The molecule has 7 heteroatoms. The van der Waals surface area contributed by atoms with E-state index in [0.717, 1.165) is 0 Å². The number of rotatable bonds is 4. The van der Waals surface area contributed by atoms with Crippen molar-refractivity contribution < 1.29 is 14.7 Å². The number of nitrogens with zero attached hydrogens (tertiary/aromatic N) is 3. The molecule has 1 N–H and O–H groups in total. The molecule has 0 saturated heterocycles. The van der Waals surface area contributed by atoms with Gasteiger partial charge in [0, 0.05) is 25.1 Å². The number of carbonyl (C=O) groups excluding carboxylic acids is 1. The Kier molecular flexibility index (Phi) is 4.13. The molecular weight excluding hydrogens is 274 g/mol. The summed E-state index contributed by atoms with van der Waals surface area (Å²) in [5, 5.41) is 8.82. The van der Waals surface area contributed by atoms with Gasteiger partial charge >= 0.3 is 11.7 Å². The molecule has 0 bridgehead atoms. The van der Waals surface area contributed by atoms with E-state index in [4.69, 9.17) is 5.11 Å². The van der Waals surface area contributed by atoms with Crippen LogP contribution in [0.25, 0.3) is 0 Å². The Balaban J connectivity index is 2.14. The lowest BCUT2D eigenvalue weighted by molar-refractivity contribution is -0.118. The van der Waals surface area contributed by atoms with E-state index in [9.17, 15) is 14.4 Å².